The van der Waals surface area contributed by atoms with E-state index in [4.69, 9.17) is 29.2 Å². The predicted molar refractivity (Wildman–Crippen MR) is 260 cm³/mol. The Kier molecular flexibility index (Phi) is 10.1. The molecule has 0 spiro atoms. The van der Waals surface area contributed by atoms with Crippen LogP contribution in [0.2, 0.25) is 0 Å². The van der Waals surface area contributed by atoms with Gasteiger partial charge < -0.3 is 4.74 Å². The van der Waals surface area contributed by atoms with E-state index in [2.05, 4.69) is 16.0 Å². The van der Waals surface area contributed by atoms with Gasteiger partial charge in [0.2, 0.25) is 0 Å². The molecule has 13 nitrogen and oxygen atoms in total. The Morgan fingerprint density at radius 2 is 1.11 bits per heavy atom. The third kappa shape index (κ3) is 6.67. The van der Waals surface area contributed by atoms with Gasteiger partial charge in [-0.25, -0.2) is 0 Å². The summed E-state index contributed by atoms with van der Waals surface area (Å²) in [5, 5.41) is 11.4. The van der Waals surface area contributed by atoms with Gasteiger partial charge in [0.15, 0.2) is 10.2 Å². The molecule has 0 aliphatic carbocycles. The molecule has 2 saturated heterocycles. The van der Waals surface area contributed by atoms with Crippen molar-refractivity contribution in [2.24, 2.45) is 0 Å². The van der Waals surface area contributed by atoms with Crippen molar-refractivity contribution in [2.75, 3.05) is 12.0 Å². The number of ether oxygens (including phenoxy) is 1. The second-order valence-corrected chi connectivity index (χ2v) is 16.5. The van der Waals surface area contributed by atoms with Crippen molar-refractivity contribution in [3.8, 4) is 5.75 Å². The molecule has 15 heteroatoms. The molecule has 66 heavy (non-hydrogen) atoms. The molecule has 2 aliphatic heterocycles. The number of thiocarbonyl (C=S) groups is 2. The van der Waals surface area contributed by atoms with Crippen molar-refractivity contribution in [2.45, 2.75) is 13.8 Å². The van der Waals surface area contributed by atoms with Crippen molar-refractivity contribution in [1.29, 1.82) is 0 Å². The van der Waals surface area contributed by atoms with Gasteiger partial charge >= 0.3 is 0 Å². The number of methoxy groups -OCH3 is 1. The highest BCUT2D eigenvalue weighted by Crippen LogP contribution is 2.36. The first-order chi connectivity index (χ1) is 31.8. The van der Waals surface area contributed by atoms with Crippen molar-refractivity contribution in [3.63, 3.8) is 0 Å². The second kappa shape index (κ2) is 16.0. The zero-order valence-electron chi connectivity index (χ0n) is 35.2. The first-order valence-electron chi connectivity index (χ1n) is 20.5. The van der Waals surface area contributed by atoms with E-state index in [0.717, 1.165) is 10.8 Å². The maximum absolute atomic E-state index is 14.7. The van der Waals surface area contributed by atoms with Crippen molar-refractivity contribution in [3.05, 3.63) is 166 Å². The first kappa shape index (κ1) is 41.6. The van der Waals surface area contributed by atoms with Crippen LogP contribution in [0.15, 0.2) is 132 Å². The Bertz CT molecular complexity index is 3630. The average Bonchev–Trinajstić information content (AvgIpc) is 3.75. The van der Waals surface area contributed by atoms with Gasteiger partial charge in [-0.05, 0) is 121 Å². The molecule has 10 rings (SSSR count). The molecule has 0 saturated carbocycles. The molecule has 6 aromatic carbocycles. The Morgan fingerprint density at radius 1 is 0.561 bits per heavy atom. The third-order valence-corrected chi connectivity index (χ3v) is 12.5. The number of hydrogen-bond donors (Lipinski definition) is 3. The van der Waals surface area contributed by atoms with Crippen LogP contribution in [-0.4, -0.2) is 61.9 Å². The lowest BCUT2D eigenvalue weighted by atomic mass is 10.0. The summed E-state index contributed by atoms with van der Waals surface area (Å²) in [7, 11) is 1.51. The number of nitrogens with zero attached hydrogens (tertiary/aromatic N) is 3. The third-order valence-electron chi connectivity index (χ3n) is 12.0. The van der Waals surface area contributed by atoms with E-state index < -0.39 is 29.5 Å². The van der Waals surface area contributed by atoms with Gasteiger partial charge in [0.1, 0.15) is 16.9 Å². The van der Waals surface area contributed by atoms with E-state index in [9.17, 15) is 28.8 Å². The topological polar surface area (TPSA) is 161 Å². The van der Waals surface area contributed by atoms with Crippen LogP contribution in [0.3, 0.4) is 0 Å². The zero-order chi connectivity index (χ0) is 46.1. The van der Waals surface area contributed by atoms with Crippen LogP contribution in [0.5, 0.6) is 5.75 Å². The van der Waals surface area contributed by atoms with Crippen LogP contribution in [-0.2, 0) is 19.2 Å². The number of para-hydroxylation sites is 1. The Morgan fingerprint density at radius 3 is 1.79 bits per heavy atom. The molecule has 2 aromatic heterocycles. The number of hydrogen-bond acceptors (Lipinski definition) is 9. The molecular weight excluding hydrogens is 873 g/mol. The number of carbonyl (C=O) groups is 6. The summed E-state index contributed by atoms with van der Waals surface area (Å²) in [4.78, 5) is 84.3. The maximum Gasteiger partial charge on any atom is 0.270 e. The van der Waals surface area contributed by atoms with Crippen LogP contribution in [0.4, 0.5) is 5.69 Å². The highest BCUT2D eigenvalue weighted by atomic mass is 32.1. The molecule has 0 bridgehead atoms. The monoisotopic (exact) mass is 906 g/mol. The Hall–Kier alpha value is -8.40. The highest BCUT2D eigenvalue weighted by Gasteiger charge is 2.36. The lowest BCUT2D eigenvalue weighted by Gasteiger charge is -2.29. The summed E-state index contributed by atoms with van der Waals surface area (Å²) in [6, 6.07) is 35.9. The van der Waals surface area contributed by atoms with Gasteiger partial charge in [0.05, 0.1) is 23.8 Å². The Balaban J connectivity index is 1.02. The predicted octanol–water partition coefficient (Wildman–Crippen LogP) is 7.65. The molecular formula is C51H34N6O7S2. The highest BCUT2D eigenvalue weighted by molar-refractivity contribution is 7.80. The number of benzene rings is 6. The van der Waals surface area contributed by atoms with E-state index in [1.54, 1.807) is 79.1 Å². The molecule has 0 atom stereocenters. The first-order valence-corrected chi connectivity index (χ1v) is 21.3. The van der Waals surface area contributed by atoms with E-state index in [1.807, 2.05) is 60.7 Å². The van der Waals surface area contributed by atoms with Gasteiger partial charge in [0.25, 0.3) is 35.4 Å². The van der Waals surface area contributed by atoms with E-state index in [1.165, 1.54) is 28.7 Å². The Labute approximate surface area is 385 Å². The van der Waals surface area contributed by atoms with E-state index in [-0.39, 0.29) is 27.3 Å². The minimum atomic E-state index is -0.693. The fourth-order valence-corrected chi connectivity index (χ4v) is 9.33. The lowest BCUT2D eigenvalue weighted by Crippen LogP contribution is -2.54. The summed E-state index contributed by atoms with van der Waals surface area (Å²) in [5.74, 6) is -2.89. The molecule has 2 aliphatic rings. The summed E-state index contributed by atoms with van der Waals surface area (Å²) in [5.41, 5.74) is 3.85. The van der Waals surface area contributed by atoms with E-state index >= 15 is 0 Å². The smallest absolute Gasteiger partial charge is 0.270 e. The molecule has 4 heterocycles. The number of nitrogens with one attached hydrogen (secondary N) is 3. The maximum atomic E-state index is 14.7. The SMILES string of the molecule is COc1ccc2c(c1)c(C=C1C(=O)NC(=S)NC1=O)c(C)n2C(=O)c1cccc2cc(N3C(=O)/C(=C/c4c(C)n(C(=O)c5cccc6ccccc56)c5ccccc45)C(=O)NC3=S)ccc12. The minimum absolute atomic E-state index is 0.104. The molecule has 2 fully saturated rings. The number of rotatable bonds is 6. The quantitative estimate of drug-likeness (QED) is 0.0866. The van der Waals surface area contributed by atoms with Crippen LogP contribution < -0.4 is 25.6 Å². The summed E-state index contributed by atoms with van der Waals surface area (Å²) < 4.78 is 8.60. The van der Waals surface area contributed by atoms with Gasteiger partial charge in [-0.15, -0.1) is 0 Å². The van der Waals surface area contributed by atoms with Gasteiger partial charge in [0, 0.05) is 44.4 Å². The fraction of sp³-hybridized carbons (Fsp3) is 0.0588. The van der Waals surface area contributed by atoms with Crippen molar-refractivity contribution < 1.29 is 33.5 Å². The minimum Gasteiger partial charge on any atom is -0.497 e. The molecule has 322 valence electrons. The van der Waals surface area contributed by atoms with Gasteiger partial charge in [-0.3, -0.25) is 58.8 Å². The summed E-state index contributed by atoms with van der Waals surface area (Å²) in [6.07, 6.45) is 2.92. The molecule has 4 amide bonds. The van der Waals surface area contributed by atoms with Crippen LogP contribution in [0, 0.1) is 13.8 Å². The van der Waals surface area contributed by atoms with Gasteiger partial charge in [-0.1, -0.05) is 72.8 Å². The molecule has 3 N–H and O–H groups in total. The number of carbonyl (C=O) groups excluding carboxylic acids is 6. The lowest BCUT2D eigenvalue weighted by molar-refractivity contribution is -0.124. The number of amides is 4. The largest absolute Gasteiger partial charge is 0.497 e. The zero-order valence-corrected chi connectivity index (χ0v) is 36.9. The normalized spacial score (nSPS) is 14.9. The van der Waals surface area contributed by atoms with Crippen LogP contribution in [0.25, 0.3) is 55.5 Å². The van der Waals surface area contributed by atoms with Crippen molar-refractivity contribution in [1.82, 2.24) is 25.1 Å². The molecule has 8 aromatic rings. The van der Waals surface area contributed by atoms with Crippen LogP contribution in [0.1, 0.15) is 43.2 Å². The van der Waals surface area contributed by atoms with Crippen LogP contribution >= 0.6 is 24.4 Å². The average molecular weight is 907 g/mol. The number of aromatic nitrogens is 2. The second-order valence-electron chi connectivity index (χ2n) is 15.7. The van der Waals surface area contributed by atoms with Crippen molar-refractivity contribution >= 4 is 131 Å². The summed E-state index contributed by atoms with van der Waals surface area (Å²) in [6.45, 7) is 3.50. The fourth-order valence-electron chi connectivity index (χ4n) is 8.87. The molecule has 0 unspecified atom stereocenters. The summed E-state index contributed by atoms with van der Waals surface area (Å²) >= 11 is 10.6. The standard InChI is InChI=1S/C51H34N6O7S2/c1-26-37(34-14-6-7-17-42(34)55(26)47(61)35-15-8-11-28-10-4-5-13-32(28)35)25-41-46(60)54-51(66)57(49(41)63)30-18-20-33-29(22-30)12-9-16-36(33)48(62)56-27(2)38(39-23-31(64-3)19-21-43(39)56)24-40-44(58)52-50(65)53-45(40)59/h4-25H,1-3H3,(H,54,60,66)(H2,52,53,58,59,65)/b41-25+. The number of fused-ring (bicyclic) bond motifs is 4. The van der Waals surface area contributed by atoms with E-state index in [0.29, 0.717) is 77.7 Å². The number of anilines is 1. The van der Waals surface area contributed by atoms with Gasteiger partial charge in [-0.2, -0.15) is 0 Å². The molecule has 0 radical (unpaired) electrons.